The fourth-order valence-electron chi connectivity index (χ4n) is 3.23. The van der Waals surface area contributed by atoms with Crippen LogP contribution in [0.15, 0.2) is 35.5 Å². The highest BCUT2D eigenvalue weighted by molar-refractivity contribution is 7.90. The second kappa shape index (κ2) is 9.83. The number of halogens is 4. The zero-order valence-electron chi connectivity index (χ0n) is 18.7. The van der Waals surface area contributed by atoms with E-state index in [1.54, 1.807) is 0 Å². The highest BCUT2D eigenvalue weighted by atomic mass is 32.2. The second-order valence-electron chi connectivity index (χ2n) is 7.28. The van der Waals surface area contributed by atoms with Crippen LogP contribution in [0, 0.1) is 17.7 Å². The van der Waals surface area contributed by atoms with Crippen molar-refractivity contribution in [3.8, 4) is 17.6 Å². The van der Waals surface area contributed by atoms with Crippen LogP contribution in [-0.2, 0) is 21.1 Å². The van der Waals surface area contributed by atoms with Crippen LogP contribution in [0.5, 0.6) is 5.75 Å². The van der Waals surface area contributed by atoms with Crippen molar-refractivity contribution in [2.24, 2.45) is 0 Å². The molecule has 0 fully saturated rings. The molecule has 0 spiro atoms. The summed E-state index contributed by atoms with van der Waals surface area (Å²) in [6.07, 6.45) is -2.67. The van der Waals surface area contributed by atoms with Crippen LogP contribution in [0.3, 0.4) is 0 Å². The number of fused-ring (bicyclic) bond motifs is 1. The number of alkyl halides is 3. The zero-order chi connectivity index (χ0) is 26.0. The first-order chi connectivity index (χ1) is 16.3. The minimum atomic E-state index is -4.51. The van der Waals surface area contributed by atoms with Gasteiger partial charge in [0.2, 0.25) is 0 Å². The maximum absolute atomic E-state index is 14.2. The Morgan fingerprint density at radius 3 is 2.51 bits per heavy atom. The summed E-state index contributed by atoms with van der Waals surface area (Å²) in [5, 5.41) is 2.79. The smallest absolute Gasteiger partial charge is 0.406 e. The summed E-state index contributed by atoms with van der Waals surface area (Å²) in [6.45, 7) is -1.38. The van der Waals surface area contributed by atoms with E-state index < -0.39 is 39.2 Å². The van der Waals surface area contributed by atoms with Gasteiger partial charge in [-0.3, -0.25) is 0 Å². The summed E-state index contributed by atoms with van der Waals surface area (Å²) in [7, 11) is -1.40. The van der Waals surface area contributed by atoms with Crippen molar-refractivity contribution >= 4 is 32.5 Å². The minimum absolute atomic E-state index is 0.0379. The number of aromatic nitrogens is 2. The molecule has 35 heavy (non-hydrogen) atoms. The molecule has 2 aromatic carbocycles. The third kappa shape index (κ3) is 6.02. The van der Waals surface area contributed by atoms with Crippen molar-refractivity contribution < 1.29 is 40.2 Å². The lowest BCUT2D eigenvalue weighted by atomic mass is 10.1. The highest BCUT2D eigenvalue weighted by Gasteiger charge is 2.29. The van der Waals surface area contributed by atoms with Gasteiger partial charge in [-0.1, -0.05) is 11.8 Å². The molecular weight excluding hydrogens is 494 g/mol. The Morgan fingerprint density at radius 2 is 1.91 bits per heavy atom. The SMILES string of the molecule is COC(=O)c1cc(C#CCNc2cc(F)c(S(C)(=O)=O)cc2OC)cc2c1ncn2CC(F)(F)F. The molecule has 3 aromatic rings. The van der Waals surface area contributed by atoms with E-state index in [0.717, 1.165) is 36.4 Å². The number of methoxy groups -OCH3 is 2. The Balaban J connectivity index is 1.92. The van der Waals surface area contributed by atoms with Crippen LogP contribution in [-0.4, -0.2) is 57.1 Å². The average molecular weight is 513 g/mol. The number of nitrogens with zero attached hydrogens (tertiary/aromatic N) is 2. The van der Waals surface area contributed by atoms with E-state index in [0.29, 0.717) is 0 Å². The third-order valence-electron chi connectivity index (χ3n) is 4.73. The van der Waals surface area contributed by atoms with Crippen molar-refractivity contribution in [3.63, 3.8) is 0 Å². The molecule has 0 aliphatic heterocycles. The molecule has 0 saturated heterocycles. The average Bonchev–Trinajstić information content (AvgIpc) is 3.15. The van der Waals surface area contributed by atoms with Crippen LogP contribution >= 0.6 is 0 Å². The van der Waals surface area contributed by atoms with Gasteiger partial charge in [0.05, 0.1) is 43.9 Å². The van der Waals surface area contributed by atoms with Gasteiger partial charge in [0, 0.05) is 24.0 Å². The summed E-state index contributed by atoms with van der Waals surface area (Å²) < 4.78 is 87.0. The van der Waals surface area contributed by atoms with Crippen LogP contribution in [0.1, 0.15) is 15.9 Å². The molecule has 0 unspecified atom stereocenters. The quantitative estimate of drug-likeness (QED) is 0.306. The molecule has 0 bridgehead atoms. The molecule has 8 nitrogen and oxygen atoms in total. The Bertz CT molecular complexity index is 1450. The number of ether oxygens (including phenoxy) is 2. The molecule has 3 rings (SSSR count). The number of carbonyl (C=O) groups is 1. The van der Waals surface area contributed by atoms with E-state index >= 15 is 0 Å². The standard InChI is InChI=1S/C22H19F4N3O5S/c1-33-18-10-19(35(3,31)32)15(23)9-16(18)27-6-4-5-13-7-14(21(30)34-2)20-17(8-13)29(12-28-20)11-22(24,25)26/h7-10,12,27H,6,11H2,1-3H3. The van der Waals surface area contributed by atoms with Crippen molar-refractivity contribution in [1.29, 1.82) is 0 Å². The van der Waals surface area contributed by atoms with Gasteiger partial charge in [0.15, 0.2) is 9.84 Å². The maximum atomic E-state index is 14.2. The molecule has 13 heteroatoms. The largest absolute Gasteiger partial charge is 0.495 e. The summed E-state index contributed by atoms with van der Waals surface area (Å²) in [5.41, 5.74) is 0.386. The van der Waals surface area contributed by atoms with E-state index in [2.05, 4.69) is 22.1 Å². The molecule has 0 saturated carbocycles. The molecule has 186 valence electrons. The molecule has 0 radical (unpaired) electrons. The number of hydrogen-bond acceptors (Lipinski definition) is 7. The lowest BCUT2D eigenvalue weighted by Crippen LogP contribution is -2.17. The number of nitrogens with one attached hydrogen (secondary N) is 1. The summed E-state index contributed by atoms with van der Waals surface area (Å²) >= 11 is 0. The number of imidazole rings is 1. The fourth-order valence-corrected chi connectivity index (χ4v) is 3.97. The molecule has 0 amide bonds. The Kier molecular flexibility index (Phi) is 7.25. The Morgan fingerprint density at radius 1 is 1.20 bits per heavy atom. The minimum Gasteiger partial charge on any atom is -0.495 e. The summed E-state index contributed by atoms with van der Waals surface area (Å²) in [6, 6.07) is 4.69. The van der Waals surface area contributed by atoms with Crippen LogP contribution in [0.2, 0.25) is 0 Å². The lowest BCUT2D eigenvalue weighted by molar-refractivity contribution is -0.139. The van der Waals surface area contributed by atoms with Gasteiger partial charge in [0.25, 0.3) is 0 Å². The normalized spacial score (nSPS) is 11.6. The van der Waals surface area contributed by atoms with E-state index in [9.17, 15) is 30.8 Å². The highest BCUT2D eigenvalue weighted by Crippen LogP contribution is 2.30. The number of rotatable bonds is 6. The predicted molar refractivity (Wildman–Crippen MR) is 119 cm³/mol. The topological polar surface area (TPSA) is 99.5 Å². The first kappa shape index (κ1) is 25.8. The number of anilines is 1. The molecule has 0 aliphatic rings. The molecule has 1 aromatic heterocycles. The van der Waals surface area contributed by atoms with Gasteiger partial charge in [-0.25, -0.2) is 22.6 Å². The molecule has 0 atom stereocenters. The number of esters is 1. The molecule has 1 N–H and O–H groups in total. The van der Waals surface area contributed by atoms with E-state index in [1.807, 2.05) is 0 Å². The van der Waals surface area contributed by atoms with E-state index in [-0.39, 0.29) is 40.1 Å². The number of carbonyl (C=O) groups excluding carboxylic acids is 1. The number of sulfone groups is 1. The monoisotopic (exact) mass is 513 g/mol. The van der Waals surface area contributed by atoms with Crippen LogP contribution in [0.25, 0.3) is 11.0 Å². The van der Waals surface area contributed by atoms with Crippen molar-refractivity contribution in [2.45, 2.75) is 17.6 Å². The predicted octanol–water partition coefficient (Wildman–Crippen LogP) is 3.40. The van der Waals surface area contributed by atoms with Gasteiger partial charge in [-0.15, -0.1) is 0 Å². The molecule has 0 aliphatic carbocycles. The fraction of sp³-hybridized carbons (Fsp3) is 0.273. The van der Waals surface area contributed by atoms with E-state index in [4.69, 9.17) is 9.47 Å². The van der Waals surface area contributed by atoms with Gasteiger partial charge < -0.3 is 19.4 Å². The molecule has 1 heterocycles. The number of benzene rings is 2. The van der Waals surface area contributed by atoms with Crippen LogP contribution < -0.4 is 10.1 Å². The van der Waals surface area contributed by atoms with E-state index in [1.165, 1.54) is 19.2 Å². The van der Waals surface area contributed by atoms with Gasteiger partial charge >= 0.3 is 12.1 Å². The maximum Gasteiger partial charge on any atom is 0.406 e. The van der Waals surface area contributed by atoms with Crippen molar-refractivity contribution in [3.05, 3.63) is 47.5 Å². The van der Waals surface area contributed by atoms with Gasteiger partial charge in [0.1, 0.15) is 28.5 Å². The van der Waals surface area contributed by atoms with Crippen LogP contribution in [0.4, 0.5) is 23.2 Å². The van der Waals surface area contributed by atoms with Gasteiger partial charge in [-0.05, 0) is 12.1 Å². The summed E-state index contributed by atoms with van der Waals surface area (Å²) in [4.78, 5) is 15.5. The molecular formula is C22H19F4N3O5S. The van der Waals surface area contributed by atoms with Crippen molar-refractivity contribution in [1.82, 2.24) is 9.55 Å². The Hall–Kier alpha value is -3.79. The van der Waals surface area contributed by atoms with Gasteiger partial charge in [-0.2, -0.15) is 13.2 Å². The lowest BCUT2D eigenvalue weighted by Gasteiger charge is -2.11. The number of hydrogen-bond donors (Lipinski definition) is 1. The zero-order valence-corrected chi connectivity index (χ0v) is 19.5. The second-order valence-corrected chi connectivity index (χ2v) is 9.27. The first-order valence-electron chi connectivity index (χ1n) is 9.78. The summed E-state index contributed by atoms with van der Waals surface area (Å²) in [5.74, 6) is 3.73. The first-order valence-corrected chi connectivity index (χ1v) is 11.7. The Labute approximate surface area is 197 Å². The third-order valence-corrected chi connectivity index (χ3v) is 5.85. The van der Waals surface area contributed by atoms with Crippen molar-refractivity contribution in [2.75, 3.05) is 32.3 Å².